The second-order valence-corrected chi connectivity index (χ2v) is 4.61. The van der Waals surface area contributed by atoms with Gasteiger partial charge < -0.3 is 5.11 Å². The molecular formula is C17H18O. The second kappa shape index (κ2) is 5.54. The predicted octanol–water partition coefficient (Wildman–Crippen LogP) is 4.35. The molecule has 1 N–H and O–H groups in total. The van der Waals surface area contributed by atoms with E-state index in [4.69, 9.17) is 0 Å². The van der Waals surface area contributed by atoms with Crippen molar-refractivity contribution in [3.8, 4) is 5.75 Å². The summed E-state index contributed by atoms with van der Waals surface area (Å²) in [5.74, 6) is 0.311. The first-order valence-corrected chi connectivity index (χ1v) is 6.18. The Balaban J connectivity index is 2.01. The molecule has 92 valence electrons. The van der Waals surface area contributed by atoms with E-state index in [-0.39, 0.29) is 0 Å². The molecule has 1 heteroatoms. The maximum Gasteiger partial charge on any atom is 0.123 e. The number of para-hydroxylation sites is 1. The van der Waals surface area contributed by atoms with Gasteiger partial charge in [0.25, 0.3) is 0 Å². The molecule has 18 heavy (non-hydrogen) atoms. The highest BCUT2D eigenvalue weighted by molar-refractivity contribution is 5.68. The van der Waals surface area contributed by atoms with Crippen LogP contribution in [0.4, 0.5) is 0 Å². The highest BCUT2D eigenvalue weighted by atomic mass is 16.3. The molecule has 0 spiro atoms. The van der Waals surface area contributed by atoms with Gasteiger partial charge in [-0.3, -0.25) is 0 Å². The number of benzene rings is 2. The molecule has 2 rings (SSSR count). The molecule has 0 heterocycles. The summed E-state index contributed by atoms with van der Waals surface area (Å²) in [6.07, 6.45) is 1.81. The summed E-state index contributed by atoms with van der Waals surface area (Å²) in [6.45, 7) is 6.15. The summed E-state index contributed by atoms with van der Waals surface area (Å²) in [6, 6.07) is 15.9. The average Bonchev–Trinajstić information content (AvgIpc) is 2.38. The fourth-order valence-electron chi connectivity index (χ4n) is 1.96. The first-order chi connectivity index (χ1) is 8.66. The lowest BCUT2D eigenvalue weighted by atomic mass is 9.99. The Hall–Kier alpha value is -2.02. The maximum absolute atomic E-state index is 9.75. The number of hydrogen-bond acceptors (Lipinski definition) is 1. The van der Waals surface area contributed by atoms with Gasteiger partial charge >= 0.3 is 0 Å². The van der Waals surface area contributed by atoms with Crippen LogP contribution in [0.5, 0.6) is 5.75 Å². The Morgan fingerprint density at radius 3 is 2.39 bits per heavy atom. The summed E-state index contributed by atoms with van der Waals surface area (Å²) < 4.78 is 0. The fourth-order valence-corrected chi connectivity index (χ4v) is 1.96. The average molecular weight is 238 g/mol. The number of hydrogen-bond donors (Lipinski definition) is 1. The molecular weight excluding hydrogens is 220 g/mol. The molecule has 0 fully saturated rings. The first kappa shape index (κ1) is 12.4. The van der Waals surface area contributed by atoms with Crippen LogP contribution in [-0.4, -0.2) is 5.11 Å². The van der Waals surface area contributed by atoms with Crippen molar-refractivity contribution in [2.24, 2.45) is 0 Å². The molecule has 0 bridgehead atoms. The predicted molar refractivity (Wildman–Crippen MR) is 76.6 cm³/mol. The third-order valence-corrected chi connectivity index (χ3v) is 3.12. The summed E-state index contributed by atoms with van der Waals surface area (Å²) in [5, 5.41) is 9.75. The van der Waals surface area contributed by atoms with Crippen molar-refractivity contribution in [1.29, 1.82) is 0 Å². The van der Waals surface area contributed by atoms with Crippen molar-refractivity contribution in [2.75, 3.05) is 0 Å². The highest BCUT2D eigenvalue weighted by Crippen LogP contribution is 2.26. The molecule has 0 amide bonds. The normalized spacial score (nSPS) is 10.3. The van der Waals surface area contributed by atoms with Gasteiger partial charge in [-0.05, 0) is 37.0 Å². The smallest absolute Gasteiger partial charge is 0.123 e. The van der Waals surface area contributed by atoms with E-state index in [0.29, 0.717) is 5.75 Å². The van der Waals surface area contributed by atoms with Crippen LogP contribution in [0.15, 0.2) is 55.1 Å². The number of aromatic hydroxyl groups is 1. The summed E-state index contributed by atoms with van der Waals surface area (Å²) >= 11 is 0. The Bertz CT molecular complexity index is 538. The number of phenols is 1. The van der Waals surface area contributed by atoms with Crippen molar-refractivity contribution in [3.05, 3.63) is 71.8 Å². The molecule has 0 aromatic heterocycles. The minimum Gasteiger partial charge on any atom is -0.507 e. The minimum absolute atomic E-state index is 0.311. The zero-order chi connectivity index (χ0) is 13.0. The molecule has 1 nitrogen and oxygen atoms in total. The van der Waals surface area contributed by atoms with Gasteiger partial charge in [0, 0.05) is 5.56 Å². The molecule has 0 aliphatic rings. The van der Waals surface area contributed by atoms with E-state index in [2.05, 4.69) is 37.8 Å². The topological polar surface area (TPSA) is 20.2 Å². The Morgan fingerprint density at radius 1 is 1.06 bits per heavy atom. The standard InChI is InChI=1S/C17H18O/c1-13-7-10-15(11-8-13)12-9-14(2)16-5-3-4-6-17(16)18/h3-8,10-11,18H,2,9,12H2,1H3. The second-order valence-electron chi connectivity index (χ2n) is 4.61. The van der Waals surface area contributed by atoms with Crippen LogP contribution in [-0.2, 0) is 6.42 Å². The van der Waals surface area contributed by atoms with Crippen molar-refractivity contribution in [1.82, 2.24) is 0 Å². The van der Waals surface area contributed by atoms with Crippen LogP contribution in [0.1, 0.15) is 23.1 Å². The van der Waals surface area contributed by atoms with Crippen molar-refractivity contribution >= 4 is 5.57 Å². The van der Waals surface area contributed by atoms with Crippen molar-refractivity contribution < 1.29 is 5.11 Å². The molecule has 0 atom stereocenters. The molecule has 2 aromatic rings. The summed E-state index contributed by atoms with van der Waals surface area (Å²) in [5.41, 5.74) is 4.41. The van der Waals surface area contributed by atoms with E-state index in [1.807, 2.05) is 18.2 Å². The molecule has 0 saturated heterocycles. The van der Waals surface area contributed by atoms with Crippen LogP contribution in [0.25, 0.3) is 5.57 Å². The van der Waals surface area contributed by atoms with E-state index >= 15 is 0 Å². The number of aryl methyl sites for hydroxylation is 2. The molecule has 2 aromatic carbocycles. The molecule has 0 radical (unpaired) electrons. The van der Waals surface area contributed by atoms with Gasteiger partial charge in [-0.1, -0.05) is 54.6 Å². The fraction of sp³-hybridized carbons (Fsp3) is 0.176. The lowest BCUT2D eigenvalue weighted by molar-refractivity contribution is 0.473. The van der Waals surface area contributed by atoms with E-state index < -0.39 is 0 Å². The number of phenolic OH excluding ortho intramolecular Hbond substituents is 1. The molecule has 0 unspecified atom stereocenters. The van der Waals surface area contributed by atoms with Crippen LogP contribution in [0.2, 0.25) is 0 Å². The number of rotatable bonds is 4. The van der Waals surface area contributed by atoms with Gasteiger partial charge in [-0.25, -0.2) is 0 Å². The molecule has 0 aliphatic heterocycles. The van der Waals surface area contributed by atoms with Gasteiger partial charge in [0.15, 0.2) is 0 Å². The first-order valence-electron chi connectivity index (χ1n) is 6.18. The van der Waals surface area contributed by atoms with Crippen molar-refractivity contribution in [2.45, 2.75) is 19.8 Å². The summed E-state index contributed by atoms with van der Waals surface area (Å²) in [7, 11) is 0. The van der Waals surface area contributed by atoms with E-state index in [1.165, 1.54) is 11.1 Å². The Morgan fingerprint density at radius 2 is 1.72 bits per heavy atom. The lowest BCUT2D eigenvalue weighted by Gasteiger charge is -2.08. The Kier molecular flexibility index (Phi) is 3.83. The zero-order valence-electron chi connectivity index (χ0n) is 10.7. The monoisotopic (exact) mass is 238 g/mol. The highest BCUT2D eigenvalue weighted by Gasteiger charge is 2.04. The van der Waals surface area contributed by atoms with Crippen LogP contribution in [0, 0.1) is 6.92 Å². The maximum atomic E-state index is 9.75. The Labute approximate surface area is 108 Å². The SMILES string of the molecule is C=C(CCc1ccc(C)cc1)c1ccccc1O. The van der Waals surface area contributed by atoms with Gasteiger partial charge in [-0.2, -0.15) is 0 Å². The van der Waals surface area contributed by atoms with Crippen LogP contribution < -0.4 is 0 Å². The van der Waals surface area contributed by atoms with Crippen LogP contribution in [0.3, 0.4) is 0 Å². The van der Waals surface area contributed by atoms with E-state index in [0.717, 1.165) is 24.0 Å². The van der Waals surface area contributed by atoms with E-state index in [9.17, 15) is 5.11 Å². The summed E-state index contributed by atoms with van der Waals surface area (Å²) in [4.78, 5) is 0. The zero-order valence-corrected chi connectivity index (χ0v) is 10.7. The lowest BCUT2D eigenvalue weighted by Crippen LogP contribution is -1.89. The van der Waals surface area contributed by atoms with Crippen molar-refractivity contribution in [3.63, 3.8) is 0 Å². The van der Waals surface area contributed by atoms with Gasteiger partial charge in [-0.15, -0.1) is 0 Å². The third-order valence-electron chi connectivity index (χ3n) is 3.12. The largest absolute Gasteiger partial charge is 0.507 e. The van der Waals surface area contributed by atoms with Gasteiger partial charge in [0.1, 0.15) is 5.75 Å². The van der Waals surface area contributed by atoms with Crippen LogP contribution >= 0.6 is 0 Å². The molecule has 0 saturated carbocycles. The third kappa shape index (κ3) is 3.01. The molecule has 0 aliphatic carbocycles. The van der Waals surface area contributed by atoms with Gasteiger partial charge in [0.05, 0.1) is 0 Å². The minimum atomic E-state index is 0.311. The van der Waals surface area contributed by atoms with E-state index in [1.54, 1.807) is 6.07 Å². The quantitative estimate of drug-likeness (QED) is 0.839. The number of allylic oxidation sites excluding steroid dienone is 1. The van der Waals surface area contributed by atoms with Gasteiger partial charge in [0.2, 0.25) is 0 Å².